The maximum atomic E-state index is 14.1. The van der Waals surface area contributed by atoms with Crippen LogP contribution in [-0.2, 0) is 49.5 Å². The minimum Gasteiger partial charge on any atom is -0.550 e. The molecule has 0 unspecified atom stereocenters. The molecule has 3 aliphatic rings. The van der Waals surface area contributed by atoms with Crippen molar-refractivity contribution in [3.63, 3.8) is 0 Å². The Labute approximate surface area is 499 Å². The summed E-state index contributed by atoms with van der Waals surface area (Å²) in [6, 6.07) is 29.0. The molecule has 0 saturated carbocycles. The van der Waals surface area contributed by atoms with Crippen molar-refractivity contribution in [1.29, 1.82) is 0 Å². The third-order valence-electron chi connectivity index (χ3n) is 14.4. The molecule has 5 heterocycles. The molecular weight excluding hydrogens is 1040 g/mol. The molecule has 4 aromatic carbocycles. The zero-order valence-electron chi connectivity index (χ0n) is 48.0. The molecule has 1 saturated heterocycles. The van der Waals surface area contributed by atoms with Crippen LogP contribution in [0, 0.1) is 11.6 Å². The average molecular weight is 1120 g/mol. The fourth-order valence-corrected chi connectivity index (χ4v) is 11.2. The van der Waals surface area contributed by atoms with Gasteiger partial charge in [0.1, 0.15) is 28.7 Å². The number of para-hydroxylation sites is 2. The Morgan fingerprint density at radius 2 is 1.16 bits per heavy atom. The number of esters is 1. The van der Waals surface area contributed by atoms with Gasteiger partial charge in [0.15, 0.2) is 5.79 Å². The molecule has 81 heavy (non-hydrogen) atoms. The normalized spacial score (nSPS) is 16.8. The second-order valence-corrected chi connectivity index (χ2v) is 23.0. The van der Waals surface area contributed by atoms with Gasteiger partial charge in [-0.3, -0.25) is 14.8 Å². The first-order chi connectivity index (χ1) is 37.5. The fraction of sp³-hybridized carbons (Fsp3) is 0.455. The number of aliphatic carboxylic acids is 1. The van der Waals surface area contributed by atoms with Crippen LogP contribution in [0.15, 0.2) is 97.1 Å². The summed E-state index contributed by atoms with van der Waals surface area (Å²) in [6.45, 7) is 18.8. The van der Waals surface area contributed by atoms with Crippen LogP contribution in [0.1, 0.15) is 154 Å². The third-order valence-corrected chi connectivity index (χ3v) is 14.4. The number of carbonyl (C=O) groups excluding carboxylic acids is 2. The van der Waals surface area contributed by atoms with Gasteiger partial charge in [0.2, 0.25) is 0 Å². The van der Waals surface area contributed by atoms with Crippen LogP contribution >= 0.6 is 0 Å². The van der Waals surface area contributed by atoms with E-state index in [1.54, 1.807) is 12.1 Å². The van der Waals surface area contributed by atoms with Crippen LogP contribution in [0.3, 0.4) is 0 Å². The second-order valence-electron chi connectivity index (χ2n) is 23.0. The Balaban J connectivity index is 0.000000258. The van der Waals surface area contributed by atoms with Crippen molar-refractivity contribution in [3.8, 4) is 56.3 Å². The number of aliphatic hydroxyl groups excluding tert-OH is 2. The van der Waals surface area contributed by atoms with E-state index in [0.717, 1.165) is 96.3 Å². The van der Waals surface area contributed by atoms with Crippen LogP contribution in [-0.4, -0.2) is 81.1 Å². The Morgan fingerprint density at radius 1 is 0.704 bits per heavy atom. The van der Waals surface area contributed by atoms with Crippen LogP contribution in [0.4, 0.5) is 8.78 Å². The predicted molar refractivity (Wildman–Crippen MR) is 305 cm³/mol. The molecule has 3 aliphatic heterocycles. The third kappa shape index (κ3) is 16.6. The zero-order valence-corrected chi connectivity index (χ0v) is 50.0. The summed E-state index contributed by atoms with van der Waals surface area (Å²) in [5.74, 6) is -1.22. The van der Waals surface area contributed by atoms with E-state index in [4.69, 9.17) is 33.7 Å². The average Bonchev–Trinajstić information content (AvgIpc) is 3.70. The summed E-state index contributed by atoms with van der Waals surface area (Å²) in [7, 11) is 0. The number of carbonyl (C=O) groups is 2. The first-order valence-electron chi connectivity index (χ1n) is 27.7. The van der Waals surface area contributed by atoms with Crippen LogP contribution in [0.2, 0.25) is 0 Å². The van der Waals surface area contributed by atoms with Gasteiger partial charge in [-0.25, -0.2) is 8.78 Å². The van der Waals surface area contributed by atoms with E-state index in [1.165, 1.54) is 24.3 Å². The van der Waals surface area contributed by atoms with Gasteiger partial charge < -0.3 is 43.8 Å². The fourth-order valence-electron chi connectivity index (χ4n) is 11.2. The van der Waals surface area contributed by atoms with E-state index < -0.39 is 36.0 Å². The molecule has 2 aromatic heterocycles. The van der Waals surface area contributed by atoms with Gasteiger partial charge in [0, 0.05) is 54.2 Å². The van der Waals surface area contributed by atoms with Gasteiger partial charge in [-0.2, -0.15) is 0 Å². The molecule has 2 N–H and O–H groups in total. The number of hydrogen-bond acceptors (Lipinski definition) is 12. The van der Waals surface area contributed by atoms with Gasteiger partial charge in [0.05, 0.1) is 55.4 Å². The predicted octanol–water partition coefficient (Wildman–Crippen LogP) is 9.63. The minimum atomic E-state index is -1.35. The van der Waals surface area contributed by atoms with Gasteiger partial charge in [-0.05, 0) is 172 Å². The molecule has 1 fully saturated rings. The van der Waals surface area contributed by atoms with E-state index in [-0.39, 0.29) is 91.5 Å². The zero-order chi connectivity index (χ0) is 56.8. The second kappa shape index (κ2) is 28.1. The first-order valence-corrected chi connectivity index (χ1v) is 27.7. The van der Waals surface area contributed by atoms with Gasteiger partial charge in [0.25, 0.3) is 0 Å². The number of aliphatic hydroxyl groups is 2. The van der Waals surface area contributed by atoms with Crippen molar-refractivity contribution >= 4 is 11.9 Å². The number of nitrogens with zero attached hydrogens (tertiary/aromatic N) is 2. The summed E-state index contributed by atoms with van der Waals surface area (Å²) in [5.41, 5.74) is 13.1. The van der Waals surface area contributed by atoms with Gasteiger partial charge >= 0.3 is 35.5 Å². The maximum absolute atomic E-state index is 14.1. The van der Waals surface area contributed by atoms with Crippen molar-refractivity contribution in [2.45, 2.75) is 182 Å². The van der Waals surface area contributed by atoms with Gasteiger partial charge in [-0.15, -0.1) is 0 Å². The van der Waals surface area contributed by atoms with Crippen LogP contribution in [0.25, 0.3) is 44.8 Å². The van der Waals surface area contributed by atoms with Crippen molar-refractivity contribution in [1.82, 2.24) is 9.97 Å². The summed E-state index contributed by atoms with van der Waals surface area (Å²) < 4.78 is 58.2. The number of fused-ring (bicyclic) bond motifs is 6. The van der Waals surface area contributed by atoms with Crippen LogP contribution < -0.4 is 44.1 Å². The maximum Gasteiger partial charge on any atom is 1.00 e. The molecule has 6 aromatic rings. The number of ether oxygens (including phenoxy) is 5. The molecule has 428 valence electrons. The van der Waals surface area contributed by atoms with E-state index in [2.05, 4.69) is 33.8 Å². The van der Waals surface area contributed by atoms with E-state index in [9.17, 15) is 33.7 Å². The Morgan fingerprint density at radius 3 is 1.62 bits per heavy atom. The number of carboxylic acids is 1. The number of benzene rings is 4. The monoisotopic (exact) mass is 1120 g/mol. The summed E-state index contributed by atoms with van der Waals surface area (Å²) in [6.07, 6.45) is 1.19. The molecule has 4 atom stereocenters. The van der Waals surface area contributed by atoms with E-state index >= 15 is 0 Å². The molecule has 0 spiro atoms. The molecule has 0 radical (unpaired) electrons. The van der Waals surface area contributed by atoms with E-state index in [1.807, 2.05) is 89.2 Å². The SMILES string of the molecule is C.CC(C)c1nc2c(c(-c3ccc(F)cc3)c1CC[C@@H](O)C[C@@H](O)CC(=O)[O-])CCOc1ccccc1-2.CC(C)c1nc2c(c(-c3ccc(F)cc3)c1CC[C@@H]1C[C@H](CC(=O)OC(C)(C)C)OC(C)(C)O1)CCOc1ccccc1-2.[Na+]. The number of aromatic nitrogens is 2. The van der Waals surface area contributed by atoms with E-state index in [0.29, 0.717) is 51.7 Å². The quantitative estimate of drug-likeness (QED) is 0.0697. The smallest absolute Gasteiger partial charge is 0.550 e. The molecule has 0 aliphatic carbocycles. The topological polar surface area (TPSA) is 170 Å². The minimum absolute atomic E-state index is 0. The molecule has 9 rings (SSSR count). The first kappa shape index (κ1) is 64.6. The summed E-state index contributed by atoms with van der Waals surface area (Å²) in [5, 5.41) is 31.3. The van der Waals surface area contributed by atoms with Crippen molar-refractivity contribution in [2.24, 2.45) is 0 Å². The molecule has 15 heteroatoms. The number of hydrogen-bond donors (Lipinski definition) is 2. The Bertz CT molecular complexity index is 3100. The van der Waals surface area contributed by atoms with Crippen molar-refractivity contribution < 1.29 is 86.9 Å². The largest absolute Gasteiger partial charge is 1.00 e. The summed E-state index contributed by atoms with van der Waals surface area (Å²) in [4.78, 5) is 33.8. The Hall–Kier alpha value is -5.58. The van der Waals surface area contributed by atoms with Gasteiger partial charge in [-0.1, -0.05) is 83.7 Å². The number of carboxylic acid groups (broad SMARTS) is 1. The molecule has 12 nitrogen and oxygen atoms in total. The Kier molecular flexibility index (Phi) is 22.4. The number of pyridine rings is 2. The van der Waals surface area contributed by atoms with Crippen molar-refractivity contribution in [2.75, 3.05) is 13.2 Å². The summed E-state index contributed by atoms with van der Waals surface area (Å²) >= 11 is 0. The molecule has 0 bridgehead atoms. The molecule has 0 amide bonds. The van der Waals surface area contributed by atoms with Crippen LogP contribution in [0.5, 0.6) is 11.5 Å². The molecular formula is C66H79F2N2NaO10. The van der Waals surface area contributed by atoms with Crippen molar-refractivity contribution in [3.05, 3.63) is 142 Å². The number of halogens is 2. The standard InChI is InChI=1S/C36H44FNO5.C29H32FNO5.CH4.Na/c1-22(2)33-28(17-16-25-20-26(42-36(6,7)41-25)21-31(39)43-35(3,4)5)32(23-12-14-24(37)15-13-23)29-18-19-40-30-11-9-8-10-27(30)34(29)38-33;1-17(2)28-23(12-11-20(32)15-21(33)16-26(34)35)27(18-7-9-19(30)10-8-18)24-13-14-36-25-6-4-3-5-22(25)29(24)31-28;;/h8-15,22,25-26H,16-21H2,1-7H3;3-10,17,20-21,32-33H,11-16H2,1-2H3,(H,34,35);1H4;/q;;;+1/p-1/t25-,26-;20-,21-;;/m11../s1. The number of rotatable bonds is 16.